The average molecular weight is 228 g/mol. The van der Waals surface area contributed by atoms with Crippen LogP contribution in [0.4, 0.5) is 4.39 Å². The molecule has 2 aromatic carbocycles. The molecule has 0 aliphatic rings. The highest BCUT2D eigenvalue weighted by Crippen LogP contribution is 2.12. The maximum Gasteiger partial charge on any atom is 0.126 e. The van der Waals surface area contributed by atoms with E-state index in [1.165, 1.54) is 5.56 Å². The maximum absolute atomic E-state index is 13.3. The van der Waals surface area contributed by atoms with Gasteiger partial charge in [0.25, 0.3) is 0 Å². The van der Waals surface area contributed by atoms with Crippen LogP contribution in [0.2, 0.25) is 0 Å². The van der Waals surface area contributed by atoms with E-state index in [9.17, 15) is 4.39 Å². The second kappa shape index (κ2) is 5.62. The predicted octanol–water partition coefficient (Wildman–Crippen LogP) is 4.31. The van der Waals surface area contributed by atoms with Crippen LogP contribution in [-0.2, 0) is 12.8 Å². The third-order valence-electron chi connectivity index (χ3n) is 3.01. The van der Waals surface area contributed by atoms with E-state index in [4.69, 9.17) is 0 Å². The fourth-order valence-corrected chi connectivity index (χ4v) is 1.93. The largest absolute Gasteiger partial charge is 0.207 e. The van der Waals surface area contributed by atoms with Gasteiger partial charge in [0.1, 0.15) is 5.82 Å². The molecule has 0 atom stereocenters. The van der Waals surface area contributed by atoms with Crippen LogP contribution in [0.25, 0.3) is 0 Å². The van der Waals surface area contributed by atoms with E-state index in [0.717, 1.165) is 30.4 Å². The summed E-state index contributed by atoms with van der Waals surface area (Å²) in [6.07, 6.45) is 3.05. The Morgan fingerprint density at radius 1 is 0.882 bits per heavy atom. The molecule has 0 aliphatic heterocycles. The van der Waals surface area contributed by atoms with E-state index in [1.54, 1.807) is 13.0 Å². The van der Waals surface area contributed by atoms with Gasteiger partial charge in [0.05, 0.1) is 0 Å². The van der Waals surface area contributed by atoms with Crippen molar-refractivity contribution in [3.8, 4) is 0 Å². The summed E-state index contributed by atoms with van der Waals surface area (Å²) >= 11 is 0. The lowest BCUT2D eigenvalue weighted by molar-refractivity contribution is 0.615. The zero-order valence-electron chi connectivity index (χ0n) is 10.1. The minimum absolute atomic E-state index is 0.0952. The Kier molecular flexibility index (Phi) is 3.92. The smallest absolute Gasteiger partial charge is 0.126 e. The van der Waals surface area contributed by atoms with E-state index >= 15 is 0 Å². The van der Waals surface area contributed by atoms with E-state index in [1.807, 2.05) is 18.2 Å². The minimum atomic E-state index is -0.0952. The first-order chi connectivity index (χ1) is 8.25. The molecule has 0 fully saturated rings. The first kappa shape index (κ1) is 11.8. The first-order valence-corrected chi connectivity index (χ1v) is 6.04. The van der Waals surface area contributed by atoms with E-state index < -0.39 is 0 Å². The zero-order chi connectivity index (χ0) is 12.1. The SMILES string of the molecule is Cc1ccc(CCCc2ccccc2)cc1F. The summed E-state index contributed by atoms with van der Waals surface area (Å²) in [6, 6.07) is 15.9. The normalized spacial score (nSPS) is 10.5. The van der Waals surface area contributed by atoms with Gasteiger partial charge in [0.2, 0.25) is 0 Å². The standard InChI is InChI=1S/C16H17F/c1-13-10-11-15(12-16(13)17)9-5-8-14-6-3-2-4-7-14/h2-4,6-7,10-12H,5,8-9H2,1H3. The molecule has 88 valence electrons. The van der Waals surface area contributed by atoms with Crippen molar-refractivity contribution in [3.63, 3.8) is 0 Å². The number of rotatable bonds is 4. The fraction of sp³-hybridized carbons (Fsp3) is 0.250. The molecular weight excluding hydrogens is 211 g/mol. The summed E-state index contributed by atoms with van der Waals surface area (Å²) in [5, 5.41) is 0. The van der Waals surface area contributed by atoms with Crippen LogP contribution in [-0.4, -0.2) is 0 Å². The highest BCUT2D eigenvalue weighted by atomic mass is 19.1. The Labute approximate surface area is 102 Å². The lowest BCUT2D eigenvalue weighted by Gasteiger charge is -2.04. The summed E-state index contributed by atoms with van der Waals surface area (Å²) in [5.41, 5.74) is 3.15. The van der Waals surface area contributed by atoms with Crippen molar-refractivity contribution in [3.05, 3.63) is 71.0 Å². The van der Waals surface area contributed by atoms with Crippen molar-refractivity contribution in [2.75, 3.05) is 0 Å². The molecule has 0 heterocycles. The molecule has 0 N–H and O–H groups in total. The highest BCUT2D eigenvalue weighted by molar-refractivity contribution is 5.23. The van der Waals surface area contributed by atoms with Crippen molar-refractivity contribution >= 4 is 0 Å². The Morgan fingerprint density at radius 3 is 2.29 bits per heavy atom. The Morgan fingerprint density at radius 2 is 1.59 bits per heavy atom. The van der Waals surface area contributed by atoms with Crippen LogP contribution < -0.4 is 0 Å². The Balaban J connectivity index is 1.88. The van der Waals surface area contributed by atoms with Crippen molar-refractivity contribution < 1.29 is 4.39 Å². The zero-order valence-corrected chi connectivity index (χ0v) is 10.1. The topological polar surface area (TPSA) is 0 Å². The summed E-state index contributed by atoms with van der Waals surface area (Å²) in [5.74, 6) is -0.0952. The molecule has 0 unspecified atom stereocenters. The molecule has 0 amide bonds. The summed E-state index contributed by atoms with van der Waals surface area (Å²) in [4.78, 5) is 0. The van der Waals surface area contributed by atoms with E-state index in [0.29, 0.717) is 0 Å². The molecule has 0 saturated carbocycles. The number of aryl methyl sites for hydroxylation is 3. The Bertz CT molecular complexity index is 474. The van der Waals surface area contributed by atoms with Gasteiger partial charge in [-0.2, -0.15) is 0 Å². The van der Waals surface area contributed by atoms with Crippen molar-refractivity contribution in [1.82, 2.24) is 0 Å². The van der Waals surface area contributed by atoms with Gasteiger partial charge in [-0.3, -0.25) is 0 Å². The van der Waals surface area contributed by atoms with Crippen LogP contribution in [0.3, 0.4) is 0 Å². The fourth-order valence-electron chi connectivity index (χ4n) is 1.93. The Hall–Kier alpha value is -1.63. The van der Waals surface area contributed by atoms with E-state index in [2.05, 4.69) is 24.3 Å². The van der Waals surface area contributed by atoms with Gasteiger partial charge in [0, 0.05) is 0 Å². The van der Waals surface area contributed by atoms with Gasteiger partial charge in [-0.05, 0) is 48.9 Å². The van der Waals surface area contributed by atoms with Crippen molar-refractivity contribution in [2.24, 2.45) is 0 Å². The molecule has 17 heavy (non-hydrogen) atoms. The first-order valence-electron chi connectivity index (χ1n) is 6.04. The van der Waals surface area contributed by atoms with Gasteiger partial charge in [-0.25, -0.2) is 4.39 Å². The van der Waals surface area contributed by atoms with Gasteiger partial charge in [0.15, 0.2) is 0 Å². The van der Waals surface area contributed by atoms with Gasteiger partial charge < -0.3 is 0 Å². The van der Waals surface area contributed by atoms with Crippen LogP contribution in [0.5, 0.6) is 0 Å². The highest BCUT2D eigenvalue weighted by Gasteiger charge is 1.99. The predicted molar refractivity (Wildman–Crippen MR) is 69.6 cm³/mol. The number of halogens is 1. The average Bonchev–Trinajstić information content (AvgIpc) is 2.35. The lowest BCUT2D eigenvalue weighted by atomic mass is 10.0. The van der Waals surface area contributed by atoms with E-state index in [-0.39, 0.29) is 5.82 Å². The van der Waals surface area contributed by atoms with Gasteiger partial charge in [-0.15, -0.1) is 0 Å². The van der Waals surface area contributed by atoms with Gasteiger partial charge in [-0.1, -0.05) is 42.5 Å². The molecule has 2 aromatic rings. The number of hydrogen-bond acceptors (Lipinski definition) is 0. The number of hydrogen-bond donors (Lipinski definition) is 0. The molecule has 0 aromatic heterocycles. The summed E-state index contributed by atoms with van der Waals surface area (Å²) < 4.78 is 13.3. The molecular formula is C16H17F. The minimum Gasteiger partial charge on any atom is -0.207 e. The van der Waals surface area contributed by atoms with Crippen LogP contribution >= 0.6 is 0 Å². The number of benzene rings is 2. The molecule has 0 aliphatic carbocycles. The lowest BCUT2D eigenvalue weighted by Crippen LogP contribution is -1.92. The van der Waals surface area contributed by atoms with Crippen LogP contribution in [0.1, 0.15) is 23.1 Å². The second-order valence-electron chi connectivity index (χ2n) is 4.42. The molecule has 0 saturated heterocycles. The maximum atomic E-state index is 13.3. The van der Waals surface area contributed by atoms with Crippen molar-refractivity contribution in [1.29, 1.82) is 0 Å². The molecule has 0 radical (unpaired) electrons. The third-order valence-corrected chi connectivity index (χ3v) is 3.01. The molecule has 1 heteroatoms. The summed E-state index contributed by atoms with van der Waals surface area (Å²) in [7, 11) is 0. The third kappa shape index (κ3) is 3.42. The van der Waals surface area contributed by atoms with Crippen molar-refractivity contribution in [2.45, 2.75) is 26.2 Å². The monoisotopic (exact) mass is 228 g/mol. The quantitative estimate of drug-likeness (QED) is 0.731. The second-order valence-corrected chi connectivity index (χ2v) is 4.42. The molecule has 2 rings (SSSR count). The van der Waals surface area contributed by atoms with Crippen LogP contribution in [0, 0.1) is 12.7 Å². The molecule has 0 bridgehead atoms. The molecule has 0 spiro atoms. The molecule has 0 nitrogen and oxygen atoms in total. The van der Waals surface area contributed by atoms with Gasteiger partial charge >= 0.3 is 0 Å². The summed E-state index contributed by atoms with van der Waals surface area (Å²) in [6.45, 7) is 1.79. The van der Waals surface area contributed by atoms with Crippen LogP contribution in [0.15, 0.2) is 48.5 Å².